The molecule has 0 spiro atoms. The van der Waals surface area contributed by atoms with Crippen LogP contribution in [0, 0.1) is 0 Å². The average molecular weight is 628 g/mol. The van der Waals surface area contributed by atoms with E-state index in [1.807, 2.05) is 61.5 Å². The molecule has 1 heterocycles. The van der Waals surface area contributed by atoms with Gasteiger partial charge >= 0.3 is 5.97 Å². The van der Waals surface area contributed by atoms with Crippen molar-refractivity contribution in [2.75, 3.05) is 48.4 Å². The van der Waals surface area contributed by atoms with Gasteiger partial charge in [-0.2, -0.15) is 0 Å². The third-order valence-corrected chi connectivity index (χ3v) is 8.11. The lowest BCUT2D eigenvalue weighted by atomic mass is 9.98. The van der Waals surface area contributed by atoms with Gasteiger partial charge in [0.25, 0.3) is 5.91 Å². The zero-order valence-electron chi connectivity index (χ0n) is 22.4. The second kappa shape index (κ2) is 12.2. The lowest BCUT2D eigenvalue weighted by Gasteiger charge is -2.24. The summed E-state index contributed by atoms with van der Waals surface area (Å²) in [7, 11) is 0.291. The summed E-state index contributed by atoms with van der Waals surface area (Å²) in [6, 6.07) is 20.0. The van der Waals surface area contributed by atoms with Gasteiger partial charge in [-0.05, 0) is 68.0 Å². The monoisotopic (exact) mass is 626 g/mol. The van der Waals surface area contributed by atoms with E-state index in [-0.39, 0.29) is 12.3 Å². The van der Waals surface area contributed by atoms with Crippen LogP contribution in [0.1, 0.15) is 23.1 Å². The van der Waals surface area contributed by atoms with Gasteiger partial charge in [-0.1, -0.05) is 46.3 Å². The molecule has 0 atom stereocenters. The van der Waals surface area contributed by atoms with Gasteiger partial charge < -0.3 is 20.6 Å². The van der Waals surface area contributed by atoms with Crippen LogP contribution in [0.4, 0.5) is 17.1 Å². The Kier molecular flexibility index (Phi) is 8.97. The van der Waals surface area contributed by atoms with Gasteiger partial charge in [-0.3, -0.25) is 13.9 Å². The molecule has 1 amide bonds. The fourth-order valence-corrected chi connectivity index (χ4v) is 5.67. The number of hydrogen-bond donors (Lipinski definition) is 3. The predicted octanol–water partition coefficient (Wildman–Crippen LogP) is 4.73. The Morgan fingerprint density at radius 2 is 1.68 bits per heavy atom. The second-order valence-electron chi connectivity index (χ2n) is 9.79. The molecule has 0 saturated heterocycles. The summed E-state index contributed by atoms with van der Waals surface area (Å²) < 4.78 is 27.1. The number of amides is 1. The van der Waals surface area contributed by atoms with Crippen LogP contribution >= 0.6 is 15.9 Å². The number of aliphatic carboxylic acids is 1. The Bertz CT molecular complexity index is 1550. The van der Waals surface area contributed by atoms with Crippen molar-refractivity contribution >= 4 is 66.2 Å². The summed E-state index contributed by atoms with van der Waals surface area (Å²) in [5.74, 6) is -1.12. The van der Waals surface area contributed by atoms with E-state index in [0.29, 0.717) is 47.8 Å². The molecule has 4 rings (SSSR count). The minimum Gasteiger partial charge on any atom is -0.481 e. The smallest absolute Gasteiger partial charge is 0.303 e. The van der Waals surface area contributed by atoms with Crippen LogP contribution in [0.3, 0.4) is 0 Å². The van der Waals surface area contributed by atoms with Crippen molar-refractivity contribution in [2.24, 2.45) is 0 Å². The number of carboxylic acid groups (broad SMARTS) is 1. The molecule has 9 nitrogen and oxygen atoms in total. The van der Waals surface area contributed by atoms with E-state index < -0.39 is 16.0 Å². The molecule has 40 heavy (non-hydrogen) atoms. The van der Waals surface area contributed by atoms with Gasteiger partial charge in [-0.25, -0.2) is 8.42 Å². The van der Waals surface area contributed by atoms with E-state index in [9.17, 15) is 18.0 Å². The number of carbonyl (C=O) groups excluding carboxylic acids is 1. The van der Waals surface area contributed by atoms with E-state index in [4.69, 9.17) is 5.11 Å². The van der Waals surface area contributed by atoms with E-state index in [1.165, 1.54) is 10.6 Å². The van der Waals surface area contributed by atoms with E-state index in [2.05, 4.69) is 26.6 Å². The third-order valence-electron chi connectivity index (χ3n) is 6.42. The highest BCUT2D eigenvalue weighted by molar-refractivity contribution is 9.10. The number of anilines is 3. The van der Waals surface area contributed by atoms with Crippen molar-refractivity contribution in [3.05, 3.63) is 87.9 Å². The Hall–Kier alpha value is -3.67. The molecule has 3 aromatic rings. The molecule has 1 aliphatic heterocycles. The highest BCUT2D eigenvalue weighted by Gasteiger charge is 2.29. The van der Waals surface area contributed by atoms with Crippen LogP contribution in [0.25, 0.3) is 11.3 Å². The Labute approximate surface area is 242 Å². The van der Waals surface area contributed by atoms with Crippen LogP contribution in [0.5, 0.6) is 0 Å². The second-order valence-corrected chi connectivity index (χ2v) is 12.6. The largest absolute Gasteiger partial charge is 0.481 e. The number of nitrogens with zero attached hydrogens (tertiary/aromatic N) is 2. The maximum Gasteiger partial charge on any atom is 0.303 e. The van der Waals surface area contributed by atoms with Gasteiger partial charge in [0, 0.05) is 35.2 Å². The zero-order chi connectivity index (χ0) is 29.0. The van der Waals surface area contributed by atoms with Crippen LogP contribution in [-0.4, -0.2) is 63.7 Å². The molecule has 3 N–H and O–H groups in total. The van der Waals surface area contributed by atoms with Gasteiger partial charge in [-0.15, -0.1) is 0 Å². The quantitative estimate of drug-likeness (QED) is 0.263. The molecule has 0 unspecified atom stereocenters. The van der Waals surface area contributed by atoms with Crippen molar-refractivity contribution in [3.8, 4) is 0 Å². The normalized spacial score (nSPS) is 14.1. The highest BCUT2D eigenvalue weighted by Crippen LogP contribution is 2.39. The number of fused-ring (bicyclic) bond motifs is 1. The van der Waals surface area contributed by atoms with E-state index >= 15 is 0 Å². The zero-order valence-corrected chi connectivity index (χ0v) is 24.8. The number of hydrogen-bond acceptors (Lipinski definition) is 6. The third kappa shape index (κ3) is 7.09. The Balaban J connectivity index is 1.72. The molecule has 1 aliphatic rings. The first kappa shape index (κ1) is 29.3. The standard InChI is InChI=1S/C29H31BrN4O5S/c1-33(2)16-17-34(40(3,38)39)23-12-10-22(11-13-23)31-28(20-7-4-19(5-8-20)6-15-26(35)36)27-24-14-9-21(30)18-25(24)32-29(27)37/h4-5,7-14,18,31H,6,15-17H2,1-3H3,(H,32,37)(H,35,36)/b28-27-. The summed E-state index contributed by atoms with van der Waals surface area (Å²) in [5.41, 5.74) is 5.30. The minimum absolute atomic E-state index is 0.0294. The minimum atomic E-state index is -3.48. The summed E-state index contributed by atoms with van der Waals surface area (Å²) in [5, 5.41) is 15.3. The molecule has 11 heteroatoms. The molecule has 0 bridgehead atoms. The Morgan fingerprint density at radius 1 is 1.00 bits per heavy atom. The van der Waals surface area contributed by atoms with Crippen molar-refractivity contribution in [2.45, 2.75) is 12.8 Å². The SMILES string of the molecule is CN(C)CCN(c1ccc(N/C(=C2\C(=O)Nc3cc(Br)ccc32)c2ccc(CCC(=O)O)cc2)cc1)S(C)(=O)=O. The fraction of sp³-hybridized carbons (Fsp3) is 0.241. The number of carbonyl (C=O) groups is 2. The number of rotatable bonds is 11. The van der Waals surface area contributed by atoms with E-state index in [0.717, 1.165) is 21.2 Å². The maximum absolute atomic E-state index is 13.2. The summed E-state index contributed by atoms with van der Waals surface area (Å²) in [6.07, 6.45) is 1.62. The van der Waals surface area contributed by atoms with Crippen molar-refractivity contribution < 1.29 is 23.1 Å². The van der Waals surface area contributed by atoms with Gasteiger partial charge in [0.15, 0.2) is 0 Å². The van der Waals surface area contributed by atoms with Crippen molar-refractivity contribution in [3.63, 3.8) is 0 Å². The molecule has 0 saturated carbocycles. The predicted molar refractivity (Wildman–Crippen MR) is 163 cm³/mol. The lowest BCUT2D eigenvalue weighted by molar-refractivity contribution is -0.137. The molecule has 210 valence electrons. The number of aryl methyl sites for hydroxylation is 1. The molecule has 0 aromatic heterocycles. The number of likely N-dealkylation sites (N-methyl/N-ethyl adjacent to an activating group) is 1. The molecule has 0 radical (unpaired) electrons. The van der Waals surface area contributed by atoms with Crippen LogP contribution in [0.2, 0.25) is 0 Å². The maximum atomic E-state index is 13.2. The topological polar surface area (TPSA) is 119 Å². The van der Waals surface area contributed by atoms with Crippen LogP contribution in [0.15, 0.2) is 71.2 Å². The lowest BCUT2D eigenvalue weighted by Crippen LogP contribution is -2.35. The van der Waals surface area contributed by atoms with Gasteiger partial charge in [0.2, 0.25) is 10.0 Å². The molecule has 0 fully saturated rings. The first-order chi connectivity index (χ1) is 18.9. The van der Waals surface area contributed by atoms with Crippen molar-refractivity contribution in [1.29, 1.82) is 0 Å². The summed E-state index contributed by atoms with van der Waals surface area (Å²) >= 11 is 3.45. The van der Waals surface area contributed by atoms with Gasteiger partial charge in [0.05, 0.1) is 28.9 Å². The molecule has 0 aliphatic carbocycles. The van der Waals surface area contributed by atoms with Crippen molar-refractivity contribution in [1.82, 2.24) is 4.90 Å². The number of halogens is 1. The first-order valence-electron chi connectivity index (χ1n) is 12.6. The molecular weight excluding hydrogens is 596 g/mol. The van der Waals surface area contributed by atoms with Gasteiger partial charge in [0.1, 0.15) is 0 Å². The number of sulfonamides is 1. The van der Waals surface area contributed by atoms with Crippen LogP contribution < -0.4 is 14.9 Å². The summed E-state index contributed by atoms with van der Waals surface area (Å²) in [6.45, 7) is 0.880. The van der Waals surface area contributed by atoms with Crippen LogP contribution in [-0.2, 0) is 26.0 Å². The molecule has 3 aromatic carbocycles. The molecular formula is C29H31BrN4O5S. The number of carboxylic acids is 1. The summed E-state index contributed by atoms with van der Waals surface area (Å²) in [4.78, 5) is 26.1. The highest BCUT2D eigenvalue weighted by atomic mass is 79.9. The fourth-order valence-electron chi connectivity index (χ4n) is 4.39. The first-order valence-corrected chi connectivity index (χ1v) is 15.2. The number of benzene rings is 3. The average Bonchev–Trinajstić information content (AvgIpc) is 3.20. The van der Waals surface area contributed by atoms with E-state index in [1.54, 1.807) is 24.3 Å². The number of nitrogens with one attached hydrogen (secondary N) is 2. The Morgan fingerprint density at radius 3 is 2.27 bits per heavy atom.